The van der Waals surface area contributed by atoms with E-state index in [-0.39, 0.29) is 0 Å². The quantitative estimate of drug-likeness (QED) is 0.210. The van der Waals surface area contributed by atoms with Gasteiger partial charge >= 0.3 is 0 Å². The molecule has 0 atom stereocenters. The summed E-state index contributed by atoms with van der Waals surface area (Å²) in [4.78, 5) is 17.2. The summed E-state index contributed by atoms with van der Waals surface area (Å²) in [5, 5.41) is 7.46. The Kier molecular flexibility index (Phi) is 5.42. The minimum Gasteiger partial charge on any atom is -0.279 e. The highest BCUT2D eigenvalue weighted by Gasteiger charge is 2.21. The third kappa shape index (κ3) is 4.05. The Morgan fingerprint density at radius 1 is 0.366 bits per heavy atom. The van der Waals surface area contributed by atoms with Crippen molar-refractivity contribution in [3.05, 3.63) is 146 Å². The minimum absolute atomic E-state index is 0.566. The average molecular weight is 525 g/mol. The van der Waals surface area contributed by atoms with Gasteiger partial charge in [-0.05, 0) is 56.6 Å². The summed E-state index contributed by atoms with van der Waals surface area (Å²) in [6, 6.07) is 50.3. The highest BCUT2D eigenvalue weighted by atomic mass is 15.3. The van der Waals surface area contributed by atoms with E-state index in [9.17, 15) is 0 Å². The van der Waals surface area contributed by atoms with Crippen LogP contribution in [0.5, 0.6) is 0 Å². The number of hydrogen-bond acceptors (Lipinski definition) is 4. The van der Waals surface area contributed by atoms with Gasteiger partial charge in [0.2, 0.25) is 5.95 Å². The van der Waals surface area contributed by atoms with Crippen molar-refractivity contribution in [3.8, 4) is 22.8 Å². The van der Waals surface area contributed by atoms with Crippen molar-refractivity contribution in [3.63, 3.8) is 0 Å². The van der Waals surface area contributed by atoms with E-state index in [0.29, 0.717) is 17.6 Å². The van der Waals surface area contributed by atoms with Crippen molar-refractivity contribution in [1.82, 2.24) is 15.0 Å². The van der Waals surface area contributed by atoms with Crippen LogP contribution in [0.1, 0.15) is 0 Å². The highest BCUT2D eigenvalue weighted by molar-refractivity contribution is 6.23. The van der Waals surface area contributed by atoms with Crippen molar-refractivity contribution in [2.75, 3.05) is 4.90 Å². The van der Waals surface area contributed by atoms with Gasteiger partial charge in [0.1, 0.15) is 0 Å². The fourth-order valence-corrected chi connectivity index (χ4v) is 5.72. The van der Waals surface area contributed by atoms with Gasteiger partial charge in [0.05, 0.1) is 5.69 Å². The van der Waals surface area contributed by atoms with Crippen molar-refractivity contribution in [2.45, 2.75) is 0 Å². The molecule has 1 aromatic heterocycles. The maximum atomic E-state index is 5.07. The monoisotopic (exact) mass is 524 g/mol. The first kappa shape index (κ1) is 23.3. The minimum atomic E-state index is 0.566. The van der Waals surface area contributed by atoms with Crippen molar-refractivity contribution < 1.29 is 0 Å². The number of aromatic nitrogens is 3. The number of hydrogen-bond donors (Lipinski definition) is 0. The largest absolute Gasteiger partial charge is 0.279 e. The molecule has 0 N–H and O–H groups in total. The van der Waals surface area contributed by atoms with Crippen molar-refractivity contribution in [2.24, 2.45) is 0 Å². The highest BCUT2D eigenvalue weighted by Crippen LogP contribution is 2.41. The van der Waals surface area contributed by atoms with E-state index in [1.807, 2.05) is 78.9 Å². The summed E-state index contributed by atoms with van der Waals surface area (Å²) in [5.74, 6) is 1.83. The molecule has 0 spiro atoms. The number of anilines is 3. The fraction of sp³-hybridized carbons (Fsp3) is 0. The van der Waals surface area contributed by atoms with Crippen LogP contribution in [0.25, 0.3) is 55.1 Å². The number of para-hydroxylation sites is 1. The van der Waals surface area contributed by atoms with Gasteiger partial charge in [-0.25, -0.2) is 4.98 Å². The maximum Gasteiger partial charge on any atom is 0.238 e. The second kappa shape index (κ2) is 9.54. The van der Waals surface area contributed by atoms with E-state index < -0.39 is 0 Å². The lowest BCUT2D eigenvalue weighted by molar-refractivity contribution is 1.02. The lowest BCUT2D eigenvalue weighted by Crippen LogP contribution is -2.15. The topological polar surface area (TPSA) is 41.9 Å². The summed E-state index contributed by atoms with van der Waals surface area (Å²) < 4.78 is 0. The van der Waals surface area contributed by atoms with Gasteiger partial charge in [0.25, 0.3) is 0 Å². The molecule has 4 nitrogen and oxygen atoms in total. The van der Waals surface area contributed by atoms with Gasteiger partial charge in [-0.3, -0.25) is 4.90 Å². The molecule has 8 rings (SSSR count). The van der Waals surface area contributed by atoms with Gasteiger partial charge in [-0.2, -0.15) is 9.97 Å². The van der Waals surface area contributed by atoms with Crippen LogP contribution in [0.4, 0.5) is 17.3 Å². The molecule has 0 amide bonds. The van der Waals surface area contributed by atoms with Crippen LogP contribution in [-0.4, -0.2) is 15.0 Å². The number of rotatable bonds is 5. The summed E-state index contributed by atoms with van der Waals surface area (Å²) >= 11 is 0. The molecular weight excluding hydrogens is 500 g/mol. The molecule has 0 bridgehead atoms. The molecule has 0 radical (unpaired) electrons. The van der Waals surface area contributed by atoms with Gasteiger partial charge in [0.15, 0.2) is 11.6 Å². The molecule has 4 heteroatoms. The number of benzene rings is 7. The summed E-state index contributed by atoms with van der Waals surface area (Å²) in [5.41, 5.74) is 3.85. The first-order chi connectivity index (χ1) is 20.3. The van der Waals surface area contributed by atoms with Crippen LogP contribution in [-0.2, 0) is 0 Å². The van der Waals surface area contributed by atoms with Crippen LogP contribution in [0.15, 0.2) is 146 Å². The smallest absolute Gasteiger partial charge is 0.238 e. The van der Waals surface area contributed by atoms with Crippen molar-refractivity contribution >= 4 is 49.6 Å². The molecule has 0 aliphatic rings. The molecule has 1 heterocycles. The predicted molar refractivity (Wildman–Crippen MR) is 169 cm³/mol. The van der Waals surface area contributed by atoms with Crippen LogP contribution in [0.3, 0.4) is 0 Å². The van der Waals surface area contributed by atoms with E-state index >= 15 is 0 Å². The Bertz CT molecular complexity index is 2020. The Morgan fingerprint density at radius 2 is 0.829 bits per heavy atom. The molecule has 0 unspecified atom stereocenters. The molecule has 0 fully saturated rings. The van der Waals surface area contributed by atoms with Gasteiger partial charge < -0.3 is 0 Å². The maximum absolute atomic E-state index is 5.07. The standard InChI is InChI=1S/C37H24N4/c1-4-11-27(12-5-1)35-38-36(28-13-6-2-7-14-28)40-37(39-35)41(31-17-8-3-9-18-31)32-23-29-21-19-25-15-10-16-26-20-22-30(24-32)34(29)33(25)26/h1-24H. The third-order valence-electron chi connectivity index (χ3n) is 7.61. The molecule has 8 aromatic rings. The normalized spacial score (nSPS) is 11.4. The van der Waals surface area contributed by atoms with E-state index in [1.54, 1.807) is 0 Å². The third-order valence-corrected chi connectivity index (χ3v) is 7.61. The Morgan fingerprint density at radius 3 is 1.37 bits per heavy atom. The van der Waals surface area contributed by atoms with Crippen LogP contribution < -0.4 is 4.90 Å². The zero-order chi connectivity index (χ0) is 27.2. The second-order valence-corrected chi connectivity index (χ2v) is 10.2. The summed E-state index contributed by atoms with van der Waals surface area (Å²) in [7, 11) is 0. The van der Waals surface area contributed by atoms with Gasteiger partial charge in [-0.1, -0.05) is 121 Å². The average Bonchev–Trinajstić information content (AvgIpc) is 3.05. The zero-order valence-electron chi connectivity index (χ0n) is 22.1. The first-order valence-electron chi connectivity index (χ1n) is 13.7. The molecule has 7 aromatic carbocycles. The lowest BCUT2D eigenvalue weighted by Gasteiger charge is -2.25. The Labute approximate surface area is 237 Å². The second-order valence-electron chi connectivity index (χ2n) is 10.2. The summed E-state index contributed by atoms with van der Waals surface area (Å²) in [6.45, 7) is 0. The van der Waals surface area contributed by atoms with Crippen LogP contribution in [0.2, 0.25) is 0 Å². The molecule has 0 saturated heterocycles. The van der Waals surface area contributed by atoms with Gasteiger partial charge in [-0.15, -0.1) is 0 Å². The van der Waals surface area contributed by atoms with E-state index in [0.717, 1.165) is 22.5 Å². The molecule has 0 aliphatic carbocycles. The van der Waals surface area contributed by atoms with E-state index in [2.05, 4.69) is 71.6 Å². The predicted octanol–water partition coefficient (Wildman–Crippen LogP) is 9.57. The lowest BCUT2D eigenvalue weighted by atomic mass is 9.94. The summed E-state index contributed by atoms with van der Waals surface area (Å²) in [6.07, 6.45) is 0. The van der Waals surface area contributed by atoms with E-state index in [4.69, 9.17) is 15.0 Å². The molecule has 192 valence electrons. The van der Waals surface area contributed by atoms with Crippen molar-refractivity contribution in [1.29, 1.82) is 0 Å². The number of nitrogens with zero attached hydrogens (tertiary/aromatic N) is 4. The van der Waals surface area contributed by atoms with Crippen LogP contribution in [0, 0.1) is 0 Å². The molecule has 0 aliphatic heterocycles. The first-order valence-corrected chi connectivity index (χ1v) is 13.7. The zero-order valence-corrected chi connectivity index (χ0v) is 22.1. The fourth-order valence-electron chi connectivity index (χ4n) is 5.72. The molecular formula is C37H24N4. The SMILES string of the molecule is c1ccc(-c2nc(-c3ccccc3)nc(N(c3ccccc3)c3cc4ccc5cccc6ccc(c3)c4c56)n2)cc1. The molecule has 0 saturated carbocycles. The van der Waals surface area contributed by atoms with E-state index in [1.165, 1.54) is 32.3 Å². The Hall–Kier alpha value is -5.61. The Balaban J connectivity index is 1.40. The van der Waals surface area contributed by atoms with Gasteiger partial charge in [0, 0.05) is 16.8 Å². The van der Waals surface area contributed by atoms with Crippen LogP contribution >= 0.6 is 0 Å². The molecule has 41 heavy (non-hydrogen) atoms.